The van der Waals surface area contributed by atoms with Crippen LogP contribution >= 0.6 is 11.3 Å². The van der Waals surface area contributed by atoms with Gasteiger partial charge in [0.25, 0.3) is 0 Å². The Morgan fingerprint density at radius 2 is 1.67 bits per heavy atom. The summed E-state index contributed by atoms with van der Waals surface area (Å²) in [5.41, 5.74) is 0.358. The Kier molecular flexibility index (Phi) is 6.84. The fourth-order valence-electron chi connectivity index (χ4n) is 3.07. The van der Waals surface area contributed by atoms with Gasteiger partial charge in [0.15, 0.2) is 11.5 Å². The number of benzene rings is 2. The van der Waals surface area contributed by atoms with E-state index in [2.05, 4.69) is 10.3 Å². The molecule has 2 aromatic carbocycles. The van der Waals surface area contributed by atoms with E-state index in [4.69, 9.17) is 14.2 Å². The first-order valence-electron chi connectivity index (χ1n) is 8.99. The van der Waals surface area contributed by atoms with Gasteiger partial charge in [-0.3, -0.25) is 0 Å². The predicted molar refractivity (Wildman–Crippen MR) is 109 cm³/mol. The molecule has 9 heteroatoms. The van der Waals surface area contributed by atoms with E-state index in [0.29, 0.717) is 23.8 Å². The average Bonchev–Trinajstić information content (AvgIpc) is 3.20. The predicted octanol–water partition coefficient (Wildman–Crippen LogP) is 5.14. The molecule has 3 rings (SSSR count). The lowest BCUT2D eigenvalue weighted by Gasteiger charge is -2.14. The molecule has 0 saturated carbocycles. The number of ether oxygens (including phenoxy) is 3. The highest BCUT2D eigenvalue weighted by molar-refractivity contribution is 7.15. The van der Waals surface area contributed by atoms with Crippen LogP contribution in [-0.2, 0) is 19.3 Å². The summed E-state index contributed by atoms with van der Waals surface area (Å²) < 4.78 is 55.5. The Labute approximate surface area is 176 Å². The van der Waals surface area contributed by atoms with E-state index in [1.54, 1.807) is 32.5 Å². The first-order chi connectivity index (χ1) is 14.4. The maximum absolute atomic E-state index is 13.1. The van der Waals surface area contributed by atoms with Crippen LogP contribution in [0.25, 0.3) is 10.4 Å². The zero-order valence-corrected chi connectivity index (χ0v) is 17.5. The smallest absolute Gasteiger partial charge is 0.416 e. The molecule has 0 aliphatic heterocycles. The molecular weight excluding hydrogens is 417 g/mol. The van der Waals surface area contributed by atoms with Gasteiger partial charge in [-0.1, -0.05) is 18.2 Å². The highest BCUT2D eigenvalue weighted by Crippen LogP contribution is 2.45. The summed E-state index contributed by atoms with van der Waals surface area (Å²) in [6.07, 6.45) is -2.67. The molecule has 0 amide bonds. The van der Waals surface area contributed by atoms with Gasteiger partial charge in [-0.15, -0.1) is 11.3 Å². The monoisotopic (exact) mass is 438 g/mol. The van der Waals surface area contributed by atoms with Crippen LogP contribution in [0.1, 0.15) is 16.1 Å². The van der Waals surface area contributed by atoms with Gasteiger partial charge in [-0.2, -0.15) is 13.2 Å². The van der Waals surface area contributed by atoms with Crippen LogP contribution < -0.4 is 19.5 Å². The van der Waals surface area contributed by atoms with Gasteiger partial charge in [0.2, 0.25) is 5.75 Å². The van der Waals surface area contributed by atoms with Crippen molar-refractivity contribution < 1.29 is 27.4 Å². The summed E-state index contributed by atoms with van der Waals surface area (Å²) in [4.78, 5) is 5.22. The van der Waals surface area contributed by atoms with E-state index in [0.717, 1.165) is 21.5 Å². The number of nitrogens with one attached hydrogen (secondary N) is 1. The fraction of sp³-hybridized carbons (Fsp3) is 0.286. The molecule has 1 aromatic heterocycles. The summed E-state index contributed by atoms with van der Waals surface area (Å²) in [5.74, 6) is 1.56. The molecule has 1 heterocycles. The van der Waals surface area contributed by atoms with Crippen molar-refractivity contribution in [1.82, 2.24) is 10.3 Å². The molecule has 0 aliphatic rings. The quantitative estimate of drug-likeness (QED) is 0.528. The number of hydrogen-bond donors (Lipinski definition) is 1. The second-order valence-electron chi connectivity index (χ2n) is 6.26. The van der Waals surface area contributed by atoms with E-state index >= 15 is 0 Å². The van der Waals surface area contributed by atoms with Crippen LogP contribution in [0.5, 0.6) is 17.2 Å². The van der Waals surface area contributed by atoms with Gasteiger partial charge in [-0.25, -0.2) is 4.98 Å². The molecule has 0 spiro atoms. The fourth-order valence-corrected chi connectivity index (χ4v) is 3.98. The van der Waals surface area contributed by atoms with Crippen molar-refractivity contribution in [2.45, 2.75) is 19.3 Å². The van der Waals surface area contributed by atoms with Crippen molar-refractivity contribution in [3.05, 3.63) is 58.7 Å². The minimum atomic E-state index is -4.38. The van der Waals surface area contributed by atoms with Crippen LogP contribution in [0.2, 0.25) is 0 Å². The largest absolute Gasteiger partial charge is 0.493 e. The number of methoxy groups -OCH3 is 3. The Morgan fingerprint density at radius 3 is 2.33 bits per heavy atom. The molecule has 30 heavy (non-hydrogen) atoms. The first kappa shape index (κ1) is 21.9. The number of halogens is 3. The van der Waals surface area contributed by atoms with Crippen molar-refractivity contribution in [1.29, 1.82) is 0 Å². The highest BCUT2D eigenvalue weighted by atomic mass is 32.1. The maximum Gasteiger partial charge on any atom is 0.416 e. The Hall–Kier alpha value is -2.78. The minimum absolute atomic E-state index is 0.0876. The highest BCUT2D eigenvalue weighted by Gasteiger charge is 2.32. The van der Waals surface area contributed by atoms with E-state index in [1.807, 2.05) is 6.07 Å². The molecule has 0 radical (unpaired) electrons. The number of hydrogen-bond acceptors (Lipinski definition) is 6. The SMILES string of the molecule is COc1ccc(-c2cnc(CNCc3ccccc3C(F)(F)F)s2)c(OC)c1OC. The van der Waals surface area contributed by atoms with Gasteiger partial charge < -0.3 is 19.5 Å². The summed E-state index contributed by atoms with van der Waals surface area (Å²) >= 11 is 1.42. The Morgan fingerprint density at radius 1 is 0.933 bits per heavy atom. The van der Waals surface area contributed by atoms with E-state index in [-0.39, 0.29) is 12.1 Å². The number of thiazole rings is 1. The van der Waals surface area contributed by atoms with Crippen molar-refractivity contribution in [3.63, 3.8) is 0 Å². The average molecular weight is 438 g/mol. The Balaban J connectivity index is 1.74. The summed E-state index contributed by atoms with van der Waals surface area (Å²) in [5, 5.41) is 3.78. The first-order valence-corrected chi connectivity index (χ1v) is 9.80. The summed E-state index contributed by atoms with van der Waals surface area (Å²) in [7, 11) is 4.62. The zero-order valence-electron chi connectivity index (χ0n) is 16.7. The normalized spacial score (nSPS) is 11.4. The van der Waals surface area contributed by atoms with Gasteiger partial charge >= 0.3 is 6.18 Å². The van der Waals surface area contributed by atoms with Crippen molar-refractivity contribution >= 4 is 11.3 Å². The van der Waals surface area contributed by atoms with E-state index < -0.39 is 11.7 Å². The van der Waals surface area contributed by atoms with E-state index in [1.165, 1.54) is 30.6 Å². The number of alkyl halides is 3. The molecule has 3 aromatic rings. The maximum atomic E-state index is 13.1. The lowest BCUT2D eigenvalue weighted by Crippen LogP contribution is -2.17. The number of rotatable bonds is 8. The molecule has 0 bridgehead atoms. The van der Waals surface area contributed by atoms with E-state index in [9.17, 15) is 13.2 Å². The van der Waals surface area contributed by atoms with Crippen molar-refractivity contribution in [2.75, 3.05) is 21.3 Å². The molecule has 1 N–H and O–H groups in total. The molecule has 0 fully saturated rings. The molecule has 0 saturated heterocycles. The topological polar surface area (TPSA) is 52.6 Å². The van der Waals surface area contributed by atoms with Crippen LogP contribution in [0.3, 0.4) is 0 Å². The third-order valence-electron chi connectivity index (χ3n) is 4.44. The van der Waals surface area contributed by atoms with Gasteiger partial charge in [0.1, 0.15) is 5.01 Å². The summed E-state index contributed by atoms with van der Waals surface area (Å²) in [6, 6.07) is 9.17. The molecular formula is C21H21F3N2O3S. The summed E-state index contributed by atoms with van der Waals surface area (Å²) in [6.45, 7) is 0.427. The van der Waals surface area contributed by atoms with Crippen LogP contribution in [0.15, 0.2) is 42.6 Å². The molecule has 0 atom stereocenters. The molecule has 0 unspecified atom stereocenters. The van der Waals surface area contributed by atoms with Crippen LogP contribution in [0.4, 0.5) is 13.2 Å². The third-order valence-corrected chi connectivity index (χ3v) is 5.47. The Bertz CT molecular complexity index is 1010. The second-order valence-corrected chi connectivity index (χ2v) is 7.37. The van der Waals surface area contributed by atoms with Crippen molar-refractivity contribution in [2.24, 2.45) is 0 Å². The molecule has 5 nitrogen and oxygen atoms in total. The number of nitrogens with zero attached hydrogens (tertiary/aromatic N) is 1. The van der Waals surface area contributed by atoms with Crippen LogP contribution in [0, 0.1) is 0 Å². The standard InChI is InChI=1S/C21H21F3N2O3S/c1-27-16-9-8-14(19(28-2)20(16)29-3)17-11-26-18(30-17)12-25-10-13-6-4-5-7-15(13)21(22,23)24/h4-9,11,25H,10,12H2,1-3H3. The molecule has 160 valence electrons. The number of aromatic nitrogens is 1. The van der Waals surface area contributed by atoms with Gasteiger partial charge in [0, 0.05) is 24.8 Å². The van der Waals surface area contributed by atoms with Crippen molar-refractivity contribution in [3.8, 4) is 27.7 Å². The minimum Gasteiger partial charge on any atom is -0.493 e. The van der Waals surface area contributed by atoms with Crippen LogP contribution in [-0.4, -0.2) is 26.3 Å². The lowest BCUT2D eigenvalue weighted by atomic mass is 10.1. The lowest BCUT2D eigenvalue weighted by molar-refractivity contribution is -0.138. The van der Waals surface area contributed by atoms with Gasteiger partial charge in [-0.05, 0) is 23.8 Å². The zero-order chi connectivity index (χ0) is 21.7. The second kappa shape index (κ2) is 9.36. The third kappa shape index (κ3) is 4.68. The molecule has 0 aliphatic carbocycles. The van der Waals surface area contributed by atoms with Gasteiger partial charge in [0.05, 0.1) is 31.8 Å².